The normalized spacial score (nSPS) is 27.7. The Morgan fingerprint density at radius 3 is 2.61 bits per heavy atom. The largest absolute Gasteiger partial charge is 0.465 e. The third-order valence-corrected chi connectivity index (χ3v) is 3.30. The number of hydrogen-bond acceptors (Lipinski definition) is 3. The lowest BCUT2D eigenvalue weighted by Gasteiger charge is -2.35. The second-order valence-electron chi connectivity index (χ2n) is 4.57. The standard InChI is InChI=1S/C12H16N2O4/c15-8-3-5-14(6-4-8)11-7-9(16)1-2-10(11)13-12(17)18/h3-6,9-11,13,16H,1-2,7H2,(H,17,18). The molecule has 0 aromatic carbocycles. The number of carbonyl (C=O) groups is 1. The van der Waals surface area contributed by atoms with E-state index >= 15 is 0 Å². The van der Waals surface area contributed by atoms with Crippen LogP contribution in [-0.4, -0.2) is 33.0 Å². The molecular weight excluding hydrogens is 236 g/mol. The summed E-state index contributed by atoms with van der Waals surface area (Å²) >= 11 is 0. The Balaban J connectivity index is 2.21. The Labute approximate surface area is 104 Å². The number of pyridine rings is 1. The summed E-state index contributed by atoms with van der Waals surface area (Å²) in [5, 5.41) is 21.0. The van der Waals surface area contributed by atoms with Crippen LogP contribution in [0.2, 0.25) is 0 Å². The Bertz CT molecular complexity index is 465. The van der Waals surface area contributed by atoms with Crippen molar-refractivity contribution in [1.82, 2.24) is 9.88 Å². The highest BCUT2D eigenvalue weighted by molar-refractivity contribution is 5.64. The lowest BCUT2D eigenvalue weighted by atomic mass is 9.88. The summed E-state index contributed by atoms with van der Waals surface area (Å²) < 4.78 is 1.78. The van der Waals surface area contributed by atoms with E-state index in [1.807, 2.05) is 0 Å². The van der Waals surface area contributed by atoms with Crippen molar-refractivity contribution in [2.24, 2.45) is 0 Å². The first-order chi connectivity index (χ1) is 8.56. The zero-order valence-corrected chi connectivity index (χ0v) is 9.82. The maximum atomic E-state index is 11.1. The van der Waals surface area contributed by atoms with Crippen LogP contribution in [0, 0.1) is 0 Å². The van der Waals surface area contributed by atoms with E-state index in [9.17, 15) is 14.7 Å². The lowest BCUT2D eigenvalue weighted by Crippen LogP contribution is -2.45. The van der Waals surface area contributed by atoms with Gasteiger partial charge in [-0.05, 0) is 19.3 Å². The van der Waals surface area contributed by atoms with E-state index in [0.29, 0.717) is 19.3 Å². The van der Waals surface area contributed by atoms with Gasteiger partial charge in [-0.3, -0.25) is 4.79 Å². The fraction of sp³-hybridized carbons (Fsp3) is 0.500. The van der Waals surface area contributed by atoms with Gasteiger partial charge in [0.15, 0.2) is 5.43 Å². The highest BCUT2D eigenvalue weighted by Crippen LogP contribution is 2.28. The second-order valence-corrected chi connectivity index (χ2v) is 4.57. The van der Waals surface area contributed by atoms with Gasteiger partial charge in [-0.2, -0.15) is 0 Å². The lowest BCUT2D eigenvalue weighted by molar-refractivity contribution is 0.0829. The Morgan fingerprint density at radius 1 is 1.33 bits per heavy atom. The van der Waals surface area contributed by atoms with Crippen molar-refractivity contribution in [2.45, 2.75) is 37.5 Å². The summed E-state index contributed by atoms with van der Waals surface area (Å²) in [5.41, 5.74) is -0.0923. The molecule has 18 heavy (non-hydrogen) atoms. The predicted molar refractivity (Wildman–Crippen MR) is 64.5 cm³/mol. The summed E-state index contributed by atoms with van der Waals surface area (Å²) in [4.78, 5) is 21.8. The minimum absolute atomic E-state index is 0.0923. The molecule has 0 aliphatic heterocycles. The summed E-state index contributed by atoms with van der Waals surface area (Å²) in [5.74, 6) is 0. The first-order valence-corrected chi connectivity index (χ1v) is 5.91. The van der Waals surface area contributed by atoms with Gasteiger partial charge in [0.1, 0.15) is 0 Å². The van der Waals surface area contributed by atoms with Gasteiger partial charge in [0.25, 0.3) is 0 Å². The Kier molecular flexibility index (Phi) is 3.66. The SMILES string of the molecule is O=C(O)NC1CCC(O)CC1n1ccc(=O)cc1. The number of aromatic nitrogens is 1. The van der Waals surface area contributed by atoms with Crippen molar-refractivity contribution < 1.29 is 15.0 Å². The average molecular weight is 252 g/mol. The van der Waals surface area contributed by atoms with E-state index in [2.05, 4.69) is 5.32 Å². The Morgan fingerprint density at radius 2 is 2.00 bits per heavy atom. The average Bonchev–Trinajstić information content (AvgIpc) is 2.32. The monoisotopic (exact) mass is 252 g/mol. The molecule has 0 spiro atoms. The smallest absolute Gasteiger partial charge is 0.404 e. The molecule has 1 aliphatic carbocycles. The molecule has 1 aliphatic rings. The number of aliphatic hydroxyl groups excluding tert-OH is 1. The van der Waals surface area contributed by atoms with Crippen LogP contribution in [0.25, 0.3) is 0 Å². The molecule has 2 rings (SSSR count). The number of hydrogen-bond donors (Lipinski definition) is 3. The van der Waals surface area contributed by atoms with Crippen LogP contribution in [0.15, 0.2) is 29.3 Å². The van der Waals surface area contributed by atoms with Crippen LogP contribution in [0.4, 0.5) is 4.79 Å². The molecule has 6 heteroatoms. The van der Waals surface area contributed by atoms with Gasteiger partial charge in [-0.25, -0.2) is 4.79 Å². The molecule has 3 N–H and O–H groups in total. The van der Waals surface area contributed by atoms with Crippen LogP contribution < -0.4 is 10.7 Å². The molecule has 0 radical (unpaired) electrons. The van der Waals surface area contributed by atoms with Gasteiger partial charge in [0.2, 0.25) is 0 Å². The minimum atomic E-state index is -1.07. The van der Waals surface area contributed by atoms with E-state index in [-0.39, 0.29) is 17.5 Å². The number of aliphatic hydroxyl groups is 1. The number of rotatable bonds is 2. The number of nitrogens with one attached hydrogen (secondary N) is 1. The second kappa shape index (κ2) is 5.22. The van der Waals surface area contributed by atoms with Crippen LogP contribution in [0.1, 0.15) is 25.3 Å². The molecule has 1 aromatic rings. The van der Waals surface area contributed by atoms with E-state index in [4.69, 9.17) is 5.11 Å². The van der Waals surface area contributed by atoms with Gasteiger partial charge < -0.3 is 20.1 Å². The van der Waals surface area contributed by atoms with E-state index in [1.165, 1.54) is 12.1 Å². The molecular formula is C12H16N2O4. The molecule has 1 heterocycles. The molecule has 3 unspecified atom stereocenters. The van der Waals surface area contributed by atoms with Crippen LogP contribution >= 0.6 is 0 Å². The topological polar surface area (TPSA) is 91.6 Å². The van der Waals surface area contributed by atoms with E-state index < -0.39 is 12.2 Å². The van der Waals surface area contributed by atoms with Gasteiger partial charge in [-0.1, -0.05) is 0 Å². The van der Waals surface area contributed by atoms with Crippen molar-refractivity contribution in [3.05, 3.63) is 34.7 Å². The number of amides is 1. The third-order valence-electron chi connectivity index (χ3n) is 3.30. The molecule has 6 nitrogen and oxygen atoms in total. The van der Waals surface area contributed by atoms with Crippen molar-refractivity contribution >= 4 is 6.09 Å². The highest BCUT2D eigenvalue weighted by Gasteiger charge is 2.31. The zero-order chi connectivity index (χ0) is 13.1. The quantitative estimate of drug-likeness (QED) is 0.717. The van der Waals surface area contributed by atoms with E-state index in [0.717, 1.165) is 0 Å². The van der Waals surface area contributed by atoms with Gasteiger partial charge in [-0.15, -0.1) is 0 Å². The maximum Gasteiger partial charge on any atom is 0.404 e. The van der Waals surface area contributed by atoms with Crippen molar-refractivity contribution in [1.29, 1.82) is 0 Å². The number of carboxylic acid groups (broad SMARTS) is 1. The molecule has 1 amide bonds. The van der Waals surface area contributed by atoms with Gasteiger partial charge >= 0.3 is 6.09 Å². The fourth-order valence-corrected chi connectivity index (χ4v) is 2.43. The van der Waals surface area contributed by atoms with Crippen molar-refractivity contribution in [3.8, 4) is 0 Å². The summed E-state index contributed by atoms with van der Waals surface area (Å²) in [6.45, 7) is 0. The van der Waals surface area contributed by atoms with Gasteiger partial charge in [0.05, 0.1) is 18.2 Å². The molecule has 1 saturated carbocycles. The number of nitrogens with zero attached hydrogens (tertiary/aromatic N) is 1. The molecule has 1 aromatic heterocycles. The highest BCUT2D eigenvalue weighted by atomic mass is 16.4. The summed E-state index contributed by atoms with van der Waals surface area (Å²) in [7, 11) is 0. The molecule has 98 valence electrons. The Hall–Kier alpha value is -1.82. The summed E-state index contributed by atoms with van der Waals surface area (Å²) in [6, 6.07) is 2.45. The van der Waals surface area contributed by atoms with Crippen LogP contribution in [0.3, 0.4) is 0 Å². The molecule has 3 atom stereocenters. The van der Waals surface area contributed by atoms with Gasteiger partial charge in [0, 0.05) is 24.5 Å². The minimum Gasteiger partial charge on any atom is -0.465 e. The summed E-state index contributed by atoms with van der Waals surface area (Å²) in [6.07, 6.45) is 3.41. The first-order valence-electron chi connectivity index (χ1n) is 5.91. The fourth-order valence-electron chi connectivity index (χ4n) is 2.43. The zero-order valence-electron chi connectivity index (χ0n) is 9.82. The van der Waals surface area contributed by atoms with E-state index in [1.54, 1.807) is 17.0 Å². The maximum absolute atomic E-state index is 11.1. The van der Waals surface area contributed by atoms with Crippen LogP contribution in [-0.2, 0) is 0 Å². The van der Waals surface area contributed by atoms with Crippen molar-refractivity contribution in [2.75, 3.05) is 0 Å². The molecule has 0 bridgehead atoms. The third kappa shape index (κ3) is 2.89. The molecule has 1 fully saturated rings. The van der Waals surface area contributed by atoms with Crippen LogP contribution in [0.5, 0.6) is 0 Å². The van der Waals surface area contributed by atoms with Crippen molar-refractivity contribution in [3.63, 3.8) is 0 Å². The molecule has 0 saturated heterocycles. The predicted octanol–water partition coefficient (Wildman–Crippen LogP) is 0.570. The first kappa shape index (κ1) is 12.6.